The Morgan fingerprint density at radius 2 is 1.71 bits per heavy atom. The van der Waals surface area contributed by atoms with Gasteiger partial charge in [0.15, 0.2) is 16.7 Å². The van der Waals surface area contributed by atoms with Crippen LogP contribution in [0.15, 0.2) is 63.8 Å². The van der Waals surface area contributed by atoms with Crippen molar-refractivity contribution in [3.8, 4) is 11.3 Å². The molecule has 0 unspecified atom stereocenters. The first-order valence-corrected chi connectivity index (χ1v) is 7.87. The van der Waals surface area contributed by atoms with Crippen molar-refractivity contribution in [2.75, 3.05) is 0 Å². The van der Waals surface area contributed by atoms with E-state index in [0.29, 0.717) is 0 Å². The highest BCUT2D eigenvalue weighted by Gasteiger charge is 2.21. The first-order valence-electron chi connectivity index (χ1n) is 7.87. The Morgan fingerprint density at radius 3 is 2.58 bits per heavy atom. The molecule has 0 saturated carbocycles. The number of furan rings is 2. The molecule has 24 heavy (non-hydrogen) atoms. The van der Waals surface area contributed by atoms with Crippen LogP contribution in [0.5, 0.6) is 0 Å². The minimum absolute atomic E-state index is 0.809. The van der Waals surface area contributed by atoms with E-state index >= 15 is 0 Å². The van der Waals surface area contributed by atoms with E-state index in [0.717, 1.165) is 49.9 Å². The van der Waals surface area contributed by atoms with Gasteiger partial charge in [-0.1, -0.05) is 23.2 Å². The smallest absolute Gasteiger partial charge is 0.286 e. The molecular formula is C20H15N2O2+. The summed E-state index contributed by atoms with van der Waals surface area (Å²) in [7, 11) is 1.99. The summed E-state index contributed by atoms with van der Waals surface area (Å²) >= 11 is 0. The van der Waals surface area contributed by atoms with Crippen molar-refractivity contribution < 1.29 is 13.4 Å². The van der Waals surface area contributed by atoms with Crippen LogP contribution in [0.25, 0.3) is 44.4 Å². The summed E-state index contributed by atoms with van der Waals surface area (Å²) in [4.78, 5) is 4.17. The second kappa shape index (κ2) is 4.68. The van der Waals surface area contributed by atoms with E-state index in [1.807, 2.05) is 41.9 Å². The van der Waals surface area contributed by atoms with Crippen molar-refractivity contribution in [2.24, 2.45) is 7.05 Å². The Hall–Kier alpha value is -3.14. The lowest BCUT2D eigenvalue weighted by molar-refractivity contribution is -0.663. The van der Waals surface area contributed by atoms with Crippen molar-refractivity contribution in [3.05, 3.63) is 60.6 Å². The van der Waals surface area contributed by atoms with Gasteiger partial charge < -0.3 is 8.83 Å². The molecule has 0 bridgehead atoms. The standard InChI is InChI=1S/C20H15N2O2/c1-12-7-8-14-18(17(12)15-9-10-21-11-22(15)2)24-19-13-5-3-4-6-16(13)23-20(14)19/h3-11H,1-2H3/q+1. The zero-order valence-corrected chi connectivity index (χ0v) is 13.4. The topological polar surface area (TPSA) is 43.1 Å². The molecular weight excluding hydrogens is 300 g/mol. The molecule has 4 nitrogen and oxygen atoms in total. The van der Waals surface area contributed by atoms with Crippen molar-refractivity contribution >= 4 is 33.1 Å². The molecule has 116 valence electrons. The summed E-state index contributed by atoms with van der Waals surface area (Å²) in [5.41, 5.74) is 6.63. The molecule has 0 atom stereocenters. The molecule has 0 aliphatic rings. The van der Waals surface area contributed by atoms with Crippen LogP contribution in [0.2, 0.25) is 0 Å². The summed E-state index contributed by atoms with van der Waals surface area (Å²) < 4.78 is 14.4. The maximum absolute atomic E-state index is 6.30. The predicted molar refractivity (Wildman–Crippen MR) is 92.6 cm³/mol. The van der Waals surface area contributed by atoms with Crippen molar-refractivity contribution in [1.29, 1.82) is 0 Å². The maximum atomic E-state index is 6.30. The molecule has 0 aliphatic heterocycles. The molecule has 0 saturated heterocycles. The Balaban J connectivity index is 1.96. The second-order valence-electron chi connectivity index (χ2n) is 6.07. The van der Waals surface area contributed by atoms with E-state index in [2.05, 4.69) is 24.0 Å². The van der Waals surface area contributed by atoms with Crippen LogP contribution in [0.3, 0.4) is 0 Å². The number of aryl methyl sites for hydroxylation is 2. The number of nitrogens with zero attached hydrogens (tertiary/aromatic N) is 2. The molecule has 0 amide bonds. The third-order valence-electron chi connectivity index (χ3n) is 4.56. The summed E-state index contributed by atoms with van der Waals surface area (Å²) in [6, 6.07) is 14.2. The van der Waals surface area contributed by atoms with Gasteiger partial charge in [0.25, 0.3) is 6.33 Å². The fraction of sp³-hybridized carbons (Fsp3) is 0.100. The van der Waals surface area contributed by atoms with E-state index in [4.69, 9.17) is 8.83 Å². The quantitative estimate of drug-likeness (QED) is 0.427. The minimum Gasteiger partial charge on any atom is -0.452 e. The molecule has 5 rings (SSSR count). The third kappa shape index (κ3) is 1.68. The minimum atomic E-state index is 0.809. The van der Waals surface area contributed by atoms with Gasteiger partial charge in [-0.2, -0.15) is 0 Å². The highest BCUT2D eigenvalue weighted by Crippen LogP contribution is 2.40. The van der Waals surface area contributed by atoms with Crippen LogP contribution >= 0.6 is 0 Å². The van der Waals surface area contributed by atoms with E-state index < -0.39 is 0 Å². The van der Waals surface area contributed by atoms with E-state index in [-0.39, 0.29) is 0 Å². The van der Waals surface area contributed by atoms with Gasteiger partial charge >= 0.3 is 0 Å². The first-order chi connectivity index (χ1) is 11.7. The van der Waals surface area contributed by atoms with Gasteiger partial charge in [0.1, 0.15) is 17.5 Å². The Kier molecular flexibility index (Phi) is 2.59. The van der Waals surface area contributed by atoms with E-state index in [1.165, 1.54) is 0 Å². The molecule has 0 spiro atoms. The van der Waals surface area contributed by atoms with Crippen LogP contribution < -0.4 is 4.57 Å². The maximum Gasteiger partial charge on any atom is 0.286 e. The molecule has 0 radical (unpaired) electrons. The predicted octanol–water partition coefficient (Wildman–Crippen LogP) is 4.53. The second-order valence-corrected chi connectivity index (χ2v) is 6.07. The SMILES string of the molecule is Cc1ccc2c(oc3c4ccccc4oc23)c1-c1ccnc[n+]1C. The number of hydrogen-bond acceptors (Lipinski definition) is 3. The summed E-state index contributed by atoms with van der Waals surface area (Å²) in [5, 5.41) is 2.00. The van der Waals surface area contributed by atoms with Gasteiger partial charge in [0, 0.05) is 6.07 Å². The zero-order valence-electron chi connectivity index (χ0n) is 13.4. The van der Waals surface area contributed by atoms with Gasteiger partial charge in [-0.15, -0.1) is 0 Å². The van der Waals surface area contributed by atoms with Gasteiger partial charge in [-0.25, -0.2) is 4.57 Å². The number of hydrogen-bond donors (Lipinski definition) is 0. The number of aromatic nitrogens is 2. The molecule has 5 aromatic rings. The van der Waals surface area contributed by atoms with Crippen LogP contribution in [0, 0.1) is 6.92 Å². The monoisotopic (exact) mass is 315 g/mol. The molecule has 3 heterocycles. The van der Waals surface area contributed by atoms with E-state index in [1.54, 1.807) is 12.5 Å². The molecule has 0 N–H and O–H groups in total. The fourth-order valence-electron chi connectivity index (χ4n) is 3.38. The molecule has 3 aromatic heterocycles. The zero-order chi connectivity index (χ0) is 16.3. The highest BCUT2D eigenvalue weighted by molar-refractivity contribution is 6.15. The third-order valence-corrected chi connectivity index (χ3v) is 4.56. The largest absolute Gasteiger partial charge is 0.452 e. The molecule has 0 aliphatic carbocycles. The number of fused-ring (bicyclic) bond motifs is 5. The van der Waals surface area contributed by atoms with Crippen molar-refractivity contribution in [2.45, 2.75) is 6.92 Å². The number of para-hydroxylation sites is 1. The molecule has 2 aromatic carbocycles. The lowest BCUT2D eigenvalue weighted by Crippen LogP contribution is -2.31. The van der Waals surface area contributed by atoms with Gasteiger partial charge in [-0.05, 0) is 30.7 Å². The van der Waals surface area contributed by atoms with Gasteiger partial charge in [0.05, 0.1) is 23.4 Å². The Labute approximate surface area is 138 Å². The summed E-state index contributed by atoms with van der Waals surface area (Å²) in [5.74, 6) is 0. The fourth-order valence-corrected chi connectivity index (χ4v) is 3.38. The number of benzene rings is 2. The summed E-state index contributed by atoms with van der Waals surface area (Å²) in [6.45, 7) is 2.09. The van der Waals surface area contributed by atoms with Crippen LogP contribution in [-0.4, -0.2) is 4.98 Å². The van der Waals surface area contributed by atoms with Gasteiger partial charge in [-0.3, -0.25) is 0 Å². The Morgan fingerprint density at radius 1 is 0.875 bits per heavy atom. The first kappa shape index (κ1) is 13.3. The summed E-state index contributed by atoms with van der Waals surface area (Å²) in [6.07, 6.45) is 3.60. The van der Waals surface area contributed by atoms with E-state index in [9.17, 15) is 0 Å². The number of rotatable bonds is 1. The normalized spacial score (nSPS) is 11.8. The average molecular weight is 315 g/mol. The van der Waals surface area contributed by atoms with Crippen molar-refractivity contribution in [1.82, 2.24) is 4.98 Å². The lowest BCUT2D eigenvalue weighted by Gasteiger charge is -2.06. The molecule has 4 heteroatoms. The van der Waals surface area contributed by atoms with Crippen LogP contribution in [0.1, 0.15) is 5.56 Å². The lowest BCUT2D eigenvalue weighted by atomic mass is 10.0. The van der Waals surface area contributed by atoms with Crippen LogP contribution in [-0.2, 0) is 7.05 Å². The van der Waals surface area contributed by atoms with Crippen molar-refractivity contribution in [3.63, 3.8) is 0 Å². The van der Waals surface area contributed by atoms with Gasteiger partial charge in [0.2, 0.25) is 0 Å². The molecule has 0 fully saturated rings. The van der Waals surface area contributed by atoms with Crippen LogP contribution in [0.4, 0.5) is 0 Å². The Bertz CT molecular complexity index is 1230. The average Bonchev–Trinajstić information content (AvgIpc) is 3.12. The highest BCUT2D eigenvalue weighted by atomic mass is 16.4.